The third-order valence-corrected chi connectivity index (χ3v) is 3.37. The molecule has 1 rings (SSSR count). The second-order valence-electron chi connectivity index (χ2n) is 6.08. The third-order valence-electron chi connectivity index (χ3n) is 3.13. The van der Waals surface area contributed by atoms with E-state index in [0.717, 1.165) is 18.8 Å². The summed E-state index contributed by atoms with van der Waals surface area (Å²) in [4.78, 5) is 2.11. The molecule has 0 saturated carbocycles. The number of nitrogens with one attached hydrogen (secondary N) is 1. The molecule has 5 heteroatoms. The summed E-state index contributed by atoms with van der Waals surface area (Å²) >= 11 is 6.14. The van der Waals surface area contributed by atoms with E-state index >= 15 is 0 Å². The molecule has 0 saturated heterocycles. The summed E-state index contributed by atoms with van der Waals surface area (Å²) in [6, 6.07) is 5.89. The highest BCUT2D eigenvalue weighted by molar-refractivity contribution is 6.30. The molecule has 21 heavy (non-hydrogen) atoms. The minimum Gasteiger partial charge on any atom is -0.395 e. The zero-order valence-corrected chi connectivity index (χ0v) is 14.2. The summed E-state index contributed by atoms with van der Waals surface area (Å²) in [6.45, 7) is 9.16. The molecule has 2 N–H and O–H groups in total. The fraction of sp³-hybridized carbons (Fsp3) is 0.625. The standard InChI is InChI=1S/C16H27ClN2O2/c1-16(2,3)18-12-13-5-6-14(17)11-15(13)19(7-9-20)8-10-21-4/h5-6,11,18,20H,7-10,12H2,1-4H3. The molecule has 1 aromatic rings. The topological polar surface area (TPSA) is 44.7 Å². The van der Waals surface area contributed by atoms with Gasteiger partial charge in [-0.15, -0.1) is 0 Å². The normalized spacial score (nSPS) is 11.7. The Balaban J connectivity index is 2.96. The van der Waals surface area contributed by atoms with Crippen molar-refractivity contribution < 1.29 is 9.84 Å². The maximum absolute atomic E-state index is 9.29. The zero-order chi connectivity index (χ0) is 15.9. The summed E-state index contributed by atoms with van der Waals surface area (Å²) in [5.41, 5.74) is 2.26. The maximum atomic E-state index is 9.29. The number of aliphatic hydroxyl groups excluding tert-OH is 1. The lowest BCUT2D eigenvalue weighted by Crippen LogP contribution is -2.36. The Bertz CT molecular complexity index is 433. The Morgan fingerprint density at radius 1 is 1.29 bits per heavy atom. The monoisotopic (exact) mass is 314 g/mol. The lowest BCUT2D eigenvalue weighted by atomic mass is 10.1. The van der Waals surface area contributed by atoms with Gasteiger partial charge in [0.25, 0.3) is 0 Å². The van der Waals surface area contributed by atoms with Crippen LogP contribution in [0.25, 0.3) is 0 Å². The van der Waals surface area contributed by atoms with Gasteiger partial charge in [0.05, 0.1) is 13.2 Å². The molecule has 4 nitrogen and oxygen atoms in total. The van der Waals surface area contributed by atoms with Crippen LogP contribution in [-0.4, -0.2) is 44.1 Å². The van der Waals surface area contributed by atoms with Crippen molar-refractivity contribution >= 4 is 17.3 Å². The summed E-state index contributed by atoms with van der Waals surface area (Å²) in [5.74, 6) is 0. The smallest absolute Gasteiger partial charge is 0.0637 e. The van der Waals surface area contributed by atoms with Gasteiger partial charge in [-0.05, 0) is 38.5 Å². The number of hydrogen-bond acceptors (Lipinski definition) is 4. The SMILES string of the molecule is COCCN(CCO)c1cc(Cl)ccc1CNC(C)(C)C. The molecule has 1 aromatic carbocycles. The highest BCUT2D eigenvalue weighted by Crippen LogP contribution is 2.25. The van der Waals surface area contributed by atoms with Crippen molar-refractivity contribution in [1.29, 1.82) is 0 Å². The van der Waals surface area contributed by atoms with Crippen LogP contribution < -0.4 is 10.2 Å². The first-order valence-electron chi connectivity index (χ1n) is 7.25. The van der Waals surface area contributed by atoms with Gasteiger partial charge in [0.2, 0.25) is 0 Å². The van der Waals surface area contributed by atoms with Crippen LogP contribution in [0.15, 0.2) is 18.2 Å². The largest absolute Gasteiger partial charge is 0.395 e. The van der Waals surface area contributed by atoms with Crippen LogP contribution in [0.4, 0.5) is 5.69 Å². The van der Waals surface area contributed by atoms with Crippen LogP contribution in [0, 0.1) is 0 Å². The number of aliphatic hydroxyl groups is 1. The Labute approximate surface area is 133 Å². The number of ether oxygens (including phenoxy) is 1. The van der Waals surface area contributed by atoms with Crippen molar-refractivity contribution in [2.24, 2.45) is 0 Å². The molecule has 0 unspecified atom stereocenters. The molecule has 0 bridgehead atoms. The molecule has 0 aromatic heterocycles. The zero-order valence-electron chi connectivity index (χ0n) is 13.4. The lowest BCUT2D eigenvalue weighted by molar-refractivity contribution is 0.203. The number of benzene rings is 1. The molecule has 0 heterocycles. The van der Waals surface area contributed by atoms with Gasteiger partial charge < -0.3 is 20.1 Å². The van der Waals surface area contributed by atoms with Gasteiger partial charge >= 0.3 is 0 Å². The average molecular weight is 315 g/mol. The molecule has 120 valence electrons. The molecule has 0 aliphatic rings. The highest BCUT2D eigenvalue weighted by Gasteiger charge is 2.14. The summed E-state index contributed by atoms with van der Waals surface area (Å²) in [7, 11) is 1.68. The molecule has 0 atom stereocenters. The van der Waals surface area contributed by atoms with E-state index in [9.17, 15) is 5.11 Å². The Hall–Kier alpha value is -0.810. The number of methoxy groups -OCH3 is 1. The molecule has 0 fully saturated rings. The summed E-state index contributed by atoms with van der Waals surface area (Å²) < 4.78 is 5.15. The van der Waals surface area contributed by atoms with Gasteiger partial charge in [-0.25, -0.2) is 0 Å². The van der Waals surface area contributed by atoms with Gasteiger partial charge in [-0.1, -0.05) is 17.7 Å². The number of halogens is 1. The van der Waals surface area contributed by atoms with Crippen LogP contribution in [0.1, 0.15) is 26.3 Å². The molecular weight excluding hydrogens is 288 g/mol. The lowest BCUT2D eigenvalue weighted by Gasteiger charge is -2.28. The minimum absolute atomic E-state index is 0.0469. The van der Waals surface area contributed by atoms with E-state index in [4.69, 9.17) is 16.3 Å². The molecule has 0 aliphatic carbocycles. The average Bonchev–Trinajstić information content (AvgIpc) is 2.41. The second-order valence-corrected chi connectivity index (χ2v) is 6.52. The van der Waals surface area contributed by atoms with Crippen LogP contribution in [-0.2, 0) is 11.3 Å². The highest BCUT2D eigenvalue weighted by atomic mass is 35.5. The molecular formula is C16H27ClN2O2. The predicted octanol–water partition coefficient (Wildman–Crippen LogP) is 2.67. The Morgan fingerprint density at radius 3 is 2.57 bits per heavy atom. The van der Waals surface area contributed by atoms with E-state index in [1.807, 2.05) is 18.2 Å². The van der Waals surface area contributed by atoms with Gasteiger partial charge in [-0.3, -0.25) is 0 Å². The van der Waals surface area contributed by atoms with Crippen molar-refractivity contribution in [1.82, 2.24) is 5.32 Å². The van der Waals surface area contributed by atoms with Gasteiger partial charge in [-0.2, -0.15) is 0 Å². The first kappa shape index (κ1) is 18.2. The molecule has 0 spiro atoms. The van der Waals surface area contributed by atoms with Crippen molar-refractivity contribution in [3.63, 3.8) is 0 Å². The van der Waals surface area contributed by atoms with E-state index in [-0.39, 0.29) is 12.1 Å². The number of anilines is 1. The minimum atomic E-state index is 0.0469. The summed E-state index contributed by atoms with van der Waals surface area (Å²) in [5, 5.41) is 13.5. The van der Waals surface area contributed by atoms with Gasteiger partial charge in [0, 0.05) is 43.0 Å². The van der Waals surface area contributed by atoms with Crippen molar-refractivity contribution in [3.8, 4) is 0 Å². The molecule has 0 aliphatic heterocycles. The fourth-order valence-electron chi connectivity index (χ4n) is 2.02. The number of hydrogen-bond donors (Lipinski definition) is 2. The van der Waals surface area contributed by atoms with Crippen LogP contribution >= 0.6 is 11.6 Å². The van der Waals surface area contributed by atoms with Crippen molar-refractivity contribution in [2.45, 2.75) is 32.9 Å². The second kappa shape index (κ2) is 8.59. The number of nitrogens with zero attached hydrogens (tertiary/aromatic N) is 1. The maximum Gasteiger partial charge on any atom is 0.0637 e. The fourth-order valence-corrected chi connectivity index (χ4v) is 2.18. The first-order valence-corrected chi connectivity index (χ1v) is 7.63. The van der Waals surface area contributed by atoms with E-state index in [1.54, 1.807) is 7.11 Å². The van der Waals surface area contributed by atoms with Crippen LogP contribution in [0.3, 0.4) is 0 Å². The van der Waals surface area contributed by atoms with Crippen molar-refractivity contribution in [3.05, 3.63) is 28.8 Å². The first-order chi connectivity index (χ1) is 9.87. The Kier molecular flexibility index (Phi) is 7.46. The third kappa shape index (κ3) is 6.66. The molecule has 0 radical (unpaired) electrons. The van der Waals surface area contributed by atoms with E-state index in [0.29, 0.717) is 18.2 Å². The van der Waals surface area contributed by atoms with Crippen LogP contribution in [0.2, 0.25) is 5.02 Å². The van der Waals surface area contributed by atoms with E-state index in [1.165, 1.54) is 5.56 Å². The summed E-state index contributed by atoms with van der Waals surface area (Å²) in [6.07, 6.45) is 0. The quantitative estimate of drug-likeness (QED) is 0.774. The van der Waals surface area contributed by atoms with Crippen LogP contribution in [0.5, 0.6) is 0 Å². The molecule has 0 amide bonds. The van der Waals surface area contributed by atoms with Gasteiger partial charge in [0.1, 0.15) is 0 Å². The Morgan fingerprint density at radius 2 is 2.00 bits per heavy atom. The van der Waals surface area contributed by atoms with Crippen molar-refractivity contribution in [2.75, 3.05) is 38.3 Å². The predicted molar refractivity (Wildman–Crippen MR) is 89.2 cm³/mol. The van der Waals surface area contributed by atoms with E-state index in [2.05, 4.69) is 31.0 Å². The van der Waals surface area contributed by atoms with E-state index < -0.39 is 0 Å². The van der Waals surface area contributed by atoms with Gasteiger partial charge in [0.15, 0.2) is 0 Å². The number of rotatable bonds is 8.